The second-order valence-corrected chi connectivity index (χ2v) is 7.01. The molecule has 1 N–H and O–H groups in total. The molecule has 7 heteroatoms. The van der Waals surface area contributed by atoms with Crippen molar-refractivity contribution in [2.45, 2.75) is 45.7 Å². The van der Waals surface area contributed by atoms with Crippen molar-refractivity contribution in [1.82, 2.24) is 4.90 Å². The maximum absolute atomic E-state index is 13.0. The lowest BCUT2D eigenvalue weighted by atomic mass is 9.76. The van der Waals surface area contributed by atoms with Gasteiger partial charge >= 0.3 is 12.1 Å². The fourth-order valence-electron chi connectivity index (χ4n) is 3.78. The Morgan fingerprint density at radius 3 is 2.05 bits per heavy atom. The number of rotatable bonds is 3. The first-order valence-corrected chi connectivity index (χ1v) is 7.64. The molecule has 22 heavy (non-hydrogen) atoms. The number of carbonyl (C=O) groups excluding carboxylic acids is 1. The summed E-state index contributed by atoms with van der Waals surface area (Å²) in [4.78, 5) is 24.9. The number of nitrogens with zero attached hydrogens (tertiary/aromatic N) is 1. The minimum absolute atomic E-state index is 0.160. The summed E-state index contributed by atoms with van der Waals surface area (Å²) in [5.41, 5.74) is -0.736. The fourth-order valence-corrected chi connectivity index (χ4v) is 3.78. The predicted octanol–water partition coefficient (Wildman–Crippen LogP) is 2.92. The molecule has 2 fully saturated rings. The van der Waals surface area contributed by atoms with E-state index in [9.17, 15) is 22.8 Å². The van der Waals surface area contributed by atoms with Crippen molar-refractivity contribution in [3.05, 3.63) is 0 Å². The highest BCUT2D eigenvalue weighted by Gasteiger charge is 2.55. The number of hydrogen-bond acceptors (Lipinski definition) is 2. The molecule has 4 nitrogen and oxygen atoms in total. The number of halogens is 3. The highest BCUT2D eigenvalue weighted by molar-refractivity contribution is 5.84. The second kappa shape index (κ2) is 5.74. The van der Waals surface area contributed by atoms with Crippen LogP contribution in [-0.4, -0.2) is 41.1 Å². The number of hydrogen-bond donors (Lipinski definition) is 1. The summed E-state index contributed by atoms with van der Waals surface area (Å²) < 4.78 is 39.0. The number of carbonyl (C=O) groups is 2. The zero-order chi connectivity index (χ0) is 16.7. The van der Waals surface area contributed by atoms with Crippen LogP contribution in [0, 0.1) is 23.2 Å². The van der Waals surface area contributed by atoms with Gasteiger partial charge in [0, 0.05) is 18.5 Å². The van der Waals surface area contributed by atoms with E-state index < -0.39 is 35.9 Å². The number of likely N-dealkylation sites (tertiary alicyclic amines) is 1. The first-order chi connectivity index (χ1) is 10.0. The summed E-state index contributed by atoms with van der Waals surface area (Å²) in [6.07, 6.45) is -0.737. The van der Waals surface area contributed by atoms with Crippen LogP contribution in [0.25, 0.3) is 0 Å². The molecule has 0 aromatic heterocycles. The summed E-state index contributed by atoms with van der Waals surface area (Å²) in [6, 6.07) is 0. The maximum Gasteiger partial charge on any atom is 0.394 e. The van der Waals surface area contributed by atoms with E-state index >= 15 is 0 Å². The van der Waals surface area contributed by atoms with Gasteiger partial charge in [0.2, 0.25) is 5.91 Å². The molecule has 0 aromatic carbocycles. The van der Waals surface area contributed by atoms with Crippen molar-refractivity contribution >= 4 is 11.9 Å². The van der Waals surface area contributed by atoms with E-state index in [1.54, 1.807) is 13.8 Å². The molecule has 0 unspecified atom stereocenters. The van der Waals surface area contributed by atoms with Gasteiger partial charge in [-0.3, -0.25) is 9.59 Å². The Morgan fingerprint density at radius 1 is 1.09 bits per heavy atom. The molecule has 1 heterocycles. The van der Waals surface area contributed by atoms with Gasteiger partial charge in [0.25, 0.3) is 0 Å². The van der Waals surface area contributed by atoms with Gasteiger partial charge < -0.3 is 10.0 Å². The Labute approximate surface area is 127 Å². The summed E-state index contributed by atoms with van der Waals surface area (Å²) in [5.74, 6) is -5.22. The average molecular weight is 321 g/mol. The molecule has 2 aliphatic rings. The van der Waals surface area contributed by atoms with E-state index in [4.69, 9.17) is 5.11 Å². The van der Waals surface area contributed by atoms with Crippen molar-refractivity contribution in [3.63, 3.8) is 0 Å². The van der Waals surface area contributed by atoms with Gasteiger partial charge in [-0.15, -0.1) is 0 Å². The molecule has 1 saturated carbocycles. The van der Waals surface area contributed by atoms with Crippen molar-refractivity contribution in [2.75, 3.05) is 13.1 Å². The molecule has 126 valence electrons. The van der Waals surface area contributed by atoms with E-state index in [2.05, 4.69) is 0 Å². The van der Waals surface area contributed by atoms with Crippen molar-refractivity contribution in [3.8, 4) is 0 Å². The van der Waals surface area contributed by atoms with Crippen molar-refractivity contribution < 1.29 is 27.9 Å². The quantitative estimate of drug-likeness (QED) is 0.869. The Kier molecular flexibility index (Phi) is 4.46. The summed E-state index contributed by atoms with van der Waals surface area (Å²) in [5, 5.41) is 9.02. The molecule has 1 saturated heterocycles. The second-order valence-electron chi connectivity index (χ2n) is 7.01. The molecule has 2 atom stereocenters. The largest absolute Gasteiger partial charge is 0.481 e. The highest BCUT2D eigenvalue weighted by Crippen LogP contribution is 2.44. The van der Waals surface area contributed by atoms with Gasteiger partial charge in [0.1, 0.15) is 0 Å². The van der Waals surface area contributed by atoms with E-state index in [1.165, 1.54) is 0 Å². The number of alkyl halides is 3. The van der Waals surface area contributed by atoms with Crippen LogP contribution in [0.4, 0.5) is 13.2 Å². The molecule has 2 rings (SSSR count). The minimum atomic E-state index is -4.60. The lowest BCUT2D eigenvalue weighted by molar-refractivity contribution is -0.188. The molecule has 1 aliphatic carbocycles. The molecule has 1 amide bonds. The van der Waals surface area contributed by atoms with Crippen LogP contribution in [0.3, 0.4) is 0 Å². The third-order valence-electron chi connectivity index (χ3n) is 5.27. The Bertz CT molecular complexity index is 455. The molecule has 0 bridgehead atoms. The van der Waals surface area contributed by atoms with E-state index in [0.29, 0.717) is 0 Å². The summed E-state index contributed by atoms with van der Waals surface area (Å²) in [6.45, 7) is 2.63. The van der Waals surface area contributed by atoms with Gasteiger partial charge in [-0.2, -0.15) is 13.2 Å². The maximum atomic E-state index is 13.0. The zero-order valence-electron chi connectivity index (χ0n) is 12.8. The van der Waals surface area contributed by atoms with Gasteiger partial charge in [-0.25, -0.2) is 0 Å². The lowest BCUT2D eigenvalue weighted by Gasteiger charge is -2.34. The third-order valence-corrected chi connectivity index (χ3v) is 5.27. The first kappa shape index (κ1) is 17.1. The minimum Gasteiger partial charge on any atom is -0.481 e. The molecule has 0 radical (unpaired) electrons. The van der Waals surface area contributed by atoms with Gasteiger partial charge in [0.15, 0.2) is 0 Å². The van der Waals surface area contributed by atoms with E-state index in [0.717, 1.165) is 30.6 Å². The van der Waals surface area contributed by atoms with Crippen molar-refractivity contribution in [2.24, 2.45) is 23.2 Å². The zero-order valence-corrected chi connectivity index (χ0v) is 12.8. The van der Waals surface area contributed by atoms with Crippen LogP contribution < -0.4 is 0 Å². The molecule has 0 spiro atoms. The van der Waals surface area contributed by atoms with E-state index in [1.807, 2.05) is 0 Å². The SMILES string of the molecule is CC(C)(C(=O)N1C[C@@H](C(F)(F)F)[C@H](C(=O)O)C1)C1CCCC1. The fraction of sp³-hybridized carbons (Fsp3) is 0.867. The number of carboxylic acids is 1. The predicted molar refractivity (Wildman–Crippen MR) is 73.0 cm³/mol. The molecular weight excluding hydrogens is 299 g/mol. The lowest BCUT2D eigenvalue weighted by Crippen LogP contribution is -2.44. The van der Waals surface area contributed by atoms with Gasteiger partial charge in [-0.1, -0.05) is 26.7 Å². The highest BCUT2D eigenvalue weighted by atomic mass is 19.4. The van der Waals surface area contributed by atoms with Gasteiger partial charge in [-0.05, 0) is 18.8 Å². The Hall–Kier alpha value is -1.27. The summed E-state index contributed by atoms with van der Waals surface area (Å²) in [7, 11) is 0. The first-order valence-electron chi connectivity index (χ1n) is 7.64. The van der Waals surface area contributed by atoms with Crippen LogP contribution in [0.1, 0.15) is 39.5 Å². The number of aliphatic carboxylic acids is 1. The molecular formula is C15H22F3NO3. The Balaban J connectivity index is 2.16. The standard InChI is InChI=1S/C15H22F3NO3/c1-14(2,9-5-3-4-6-9)13(22)19-7-10(12(20)21)11(8-19)15(16,17)18/h9-11H,3-8H2,1-2H3,(H,20,21)/t10-,11-/m1/s1. The van der Waals surface area contributed by atoms with Crippen LogP contribution in [0.5, 0.6) is 0 Å². The van der Waals surface area contributed by atoms with Crippen LogP contribution in [0.15, 0.2) is 0 Å². The van der Waals surface area contributed by atoms with E-state index in [-0.39, 0.29) is 18.4 Å². The van der Waals surface area contributed by atoms with Crippen LogP contribution in [0.2, 0.25) is 0 Å². The topological polar surface area (TPSA) is 57.6 Å². The van der Waals surface area contributed by atoms with Crippen molar-refractivity contribution in [1.29, 1.82) is 0 Å². The summed E-state index contributed by atoms with van der Waals surface area (Å²) >= 11 is 0. The smallest absolute Gasteiger partial charge is 0.394 e. The number of carboxylic acid groups (broad SMARTS) is 1. The molecule has 0 aromatic rings. The van der Waals surface area contributed by atoms with Crippen LogP contribution in [-0.2, 0) is 9.59 Å². The monoisotopic (exact) mass is 321 g/mol. The van der Waals surface area contributed by atoms with Crippen LogP contribution >= 0.6 is 0 Å². The normalized spacial score (nSPS) is 27.4. The average Bonchev–Trinajstić information content (AvgIpc) is 3.06. The van der Waals surface area contributed by atoms with Gasteiger partial charge in [0.05, 0.1) is 11.8 Å². The third kappa shape index (κ3) is 3.08. The Morgan fingerprint density at radius 2 is 1.64 bits per heavy atom. The molecule has 1 aliphatic heterocycles. The number of amides is 1.